The molecule has 16 heavy (non-hydrogen) atoms. The third-order valence-corrected chi connectivity index (χ3v) is 5.43. The Labute approximate surface area is 96.8 Å². The van der Waals surface area contributed by atoms with E-state index in [4.69, 9.17) is 0 Å². The summed E-state index contributed by atoms with van der Waals surface area (Å²) in [7, 11) is -2.96. The number of sulfone groups is 1. The molecule has 0 aliphatic carbocycles. The van der Waals surface area contributed by atoms with Crippen LogP contribution in [0.1, 0.15) is 24.9 Å². The molecule has 1 saturated heterocycles. The Morgan fingerprint density at radius 3 is 2.62 bits per heavy atom. The van der Waals surface area contributed by atoms with Crippen LogP contribution in [-0.2, 0) is 9.84 Å². The van der Waals surface area contributed by atoms with Gasteiger partial charge in [-0.25, -0.2) is 8.42 Å². The lowest BCUT2D eigenvalue weighted by Crippen LogP contribution is -2.32. The fourth-order valence-corrected chi connectivity index (χ4v) is 3.73. The van der Waals surface area contributed by atoms with Crippen molar-refractivity contribution < 1.29 is 8.42 Å². The maximum Gasteiger partial charge on any atom is 0.154 e. The Morgan fingerprint density at radius 1 is 1.25 bits per heavy atom. The minimum absolute atomic E-state index is 0.0753. The van der Waals surface area contributed by atoms with E-state index in [1.165, 1.54) is 0 Å². The first-order chi connectivity index (χ1) is 7.61. The zero-order chi connectivity index (χ0) is 11.6. The van der Waals surface area contributed by atoms with Crippen molar-refractivity contribution in [1.82, 2.24) is 5.32 Å². The van der Waals surface area contributed by atoms with Crippen LogP contribution in [0.15, 0.2) is 30.3 Å². The maximum atomic E-state index is 11.9. The molecule has 1 aliphatic rings. The van der Waals surface area contributed by atoms with Crippen LogP contribution in [0.5, 0.6) is 0 Å². The Kier molecular flexibility index (Phi) is 3.30. The monoisotopic (exact) mass is 239 g/mol. The second-order valence-corrected chi connectivity index (χ2v) is 6.75. The van der Waals surface area contributed by atoms with Gasteiger partial charge in [-0.1, -0.05) is 30.3 Å². The van der Waals surface area contributed by atoms with Crippen molar-refractivity contribution in [3.8, 4) is 0 Å². The molecule has 3 nitrogen and oxygen atoms in total. The Bertz CT molecular complexity index is 441. The zero-order valence-corrected chi connectivity index (χ0v) is 10.2. The molecule has 0 amide bonds. The van der Waals surface area contributed by atoms with Crippen molar-refractivity contribution in [3.63, 3.8) is 0 Å². The molecular weight excluding hydrogens is 222 g/mol. The van der Waals surface area contributed by atoms with Crippen LogP contribution in [0.25, 0.3) is 0 Å². The van der Waals surface area contributed by atoms with Gasteiger partial charge in [-0.15, -0.1) is 0 Å². The van der Waals surface area contributed by atoms with Crippen LogP contribution in [0.2, 0.25) is 0 Å². The lowest BCUT2D eigenvalue weighted by Gasteiger charge is -2.22. The van der Waals surface area contributed by atoms with Crippen LogP contribution in [0, 0.1) is 0 Å². The molecule has 1 aromatic carbocycles. The molecule has 0 aromatic heterocycles. The topological polar surface area (TPSA) is 46.2 Å². The van der Waals surface area contributed by atoms with E-state index in [0.717, 1.165) is 12.1 Å². The summed E-state index contributed by atoms with van der Waals surface area (Å²) in [5.74, 6) is 0.296. The SMILES string of the molecule is CC1C(c2ccccc2)NCCCS1(=O)=O. The molecule has 1 aromatic rings. The summed E-state index contributed by atoms with van der Waals surface area (Å²) < 4.78 is 23.9. The van der Waals surface area contributed by atoms with Crippen molar-refractivity contribution in [3.05, 3.63) is 35.9 Å². The summed E-state index contributed by atoms with van der Waals surface area (Å²) in [6.07, 6.45) is 0.704. The average Bonchev–Trinajstić information content (AvgIpc) is 2.41. The van der Waals surface area contributed by atoms with Crippen LogP contribution in [0.4, 0.5) is 0 Å². The molecule has 1 N–H and O–H groups in total. The number of hydrogen-bond acceptors (Lipinski definition) is 3. The van der Waals surface area contributed by atoms with Crippen LogP contribution in [0.3, 0.4) is 0 Å². The van der Waals surface area contributed by atoms with Gasteiger partial charge in [0.05, 0.1) is 11.0 Å². The molecule has 0 spiro atoms. The minimum Gasteiger partial charge on any atom is -0.309 e. The van der Waals surface area contributed by atoms with E-state index in [1.54, 1.807) is 6.92 Å². The van der Waals surface area contributed by atoms with Gasteiger partial charge in [0.1, 0.15) is 0 Å². The van der Waals surface area contributed by atoms with Crippen molar-refractivity contribution in [2.24, 2.45) is 0 Å². The largest absolute Gasteiger partial charge is 0.309 e. The summed E-state index contributed by atoms with van der Waals surface area (Å²) in [6, 6.07) is 9.72. The molecule has 0 saturated carbocycles. The minimum atomic E-state index is -2.96. The quantitative estimate of drug-likeness (QED) is 0.808. The summed E-state index contributed by atoms with van der Waals surface area (Å²) in [4.78, 5) is 0. The number of nitrogens with one attached hydrogen (secondary N) is 1. The zero-order valence-electron chi connectivity index (χ0n) is 9.39. The molecule has 0 radical (unpaired) electrons. The fraction of sp³-hybridized carbons (Fsp3) is 0.500. The van der Waals surface area contributed by atoms with Gasteiger partial charge in [0.15, 0.2) is 9.84 Å². The predicted molar refractivity (Wildman–Crippen MR) is 65.1 cm³/mol. The van der Waals surface area contributed by atoms with Gasteiger partial charge in [-0.05, 0) is 25.5 Å². The summed E-state index contributed by atoms with van der Waals surface area (Å²) in [5.41, 5.74) is 1.06. The van der Waals surface area contributed by atoms with Gasteiger partial charge in [0.25, 0.3) is 0 Å². The van der Waals surface area contributed by atoms with E-state index >= 15 is 0 Å². The van der Waals surface area contributed by atoms with E-state index < -0.39 is 9.84 Å². The molecule has 2 rings (SSSR count). The number of benzene rings is 1. The van der Waals surface area contributed by atoms with Crippen LogP contribution < -0.4 is 5.32 Å². The second-order valence-electron chi connectivity index (χ2n) is 4.27. The van der Waals surface area contributed by atoms with Gasteiger partial charge < -0.3 is 5.32 Å². The van der Waals surface area contributed by atoms with E-state index in [9.17, 15) is 8.42 Å². The summed E-state index contributed by atoms with van der Waals surface area (Å²) >= 11 is 0. The maximum absolute atomic E-state index is 11.9. The van der Waals surface area contributed by atoms with Crippen molar-refractivity contribution >= 4 is 9.84 Å². The van der Waals surface area contributed by atoms with Crippen molar-refractivity contribution in [1.29, 1.82) is 0 Å². The molecule has 1 aliphatic heterocycles. The number of hydrogen-bond donors (Lipinski definition) is 1. The lowest BCUT2D eigenvalue weighted by molar-refractivity contribution is 0.520. The third kappa shape index (κ3) is 2.28. The third-order valence-electron chi connectivity index (χ3n) is 3.16. The molecule has 2 atom stereocenters. The van der Waals surface area contributed by atoms with Gasteiger partial charge in [-0.3, -0.25) is 0 Å². The predicted octanol–water partition coefficient (Wildman–Crippen LogP) is 1.52. The summed E-state index contributed by atoms with van der Waals surface area (Å²) in [5, 5.41) is 2.97. The van der Waals surface area contributed by atoms with E-state index in [1.807, 2.05) is 30.3 Å². The fourth-order valence-electron chi connectivity index (χ4n) is 2.14. The van der Waals surface area contributed by atoms with Gasteiger partial charge in [0.2, 0.25) is 0 Å². The first-order valence-corrected chi connectivity index (χ1v) is 7.33. The van der Waals surface area contributed by atoms with Crippen LogP contribution >= 0.6 is 0 Å². The van der Waals surface area contributed by atoms with Crippen molar-refractivity contribution in [2.45, 2.75) is 24.6 Å². The standard InChI is InChI=1S/C12H17NO2S/c1-10-12(11-6-3-2-4-7-11)13-8-5-9-16(10,14)15/h2-4,6-7,10,12-13H,5,8-9H2,1H3. The molecule has 2 unspecified atom stereocenters. The Balaban J connectivity index is 2.33. The first kappa shape index (κ1) is 11.6. The molecule has 0 bridgehead atoms. The molecule has 88 valence electrons. The Hall–Kier alpha value is -0.870. The molecule has 1 fully saturated rings. The molecule has 1 heterocycles. The van der Waals surface area contributed by atoms with E-state index in [2.05, 4.69) is 5.32 Å². The van der Waals surface area contributed by atoms with Gasteiger partial charge in [0, 0.05) is 6.04 Å². The Morgan fingerprint density at radius 2 is 1.94 bits per heavy atom. The van der Waals surface area contributed by atoms with Crippen LogP contribution in [-0.4, -0.2) is 26.0 Å². The highest BCUT2D eigenvalue weighted by Crippen LogP contribution is 2.24. The normalized spacial score (nSPS) is 29.6. The van der Waals surface area contributed by atoms with E-state index in [-0.39, 0.29) is 11.3 Å². The highest BCUT2D eigenvalue weighted by molar-refractivity contribution is 7.92. The first-order valence-electron chi connectivity index (χ1n) is 5.61. The second kappa shape index (κ2) is 4.55. The summed E-state index contributed by atoms with van der Waals surface area (Å²) in [6.45, 7) is 2.56. The molecule has 4 heteroatoms. The highest BCUT2D eigenvalue weighted by atomic mass is 32.2. The van der Waals surface area contributed by atoms with E-state index in [0.29, 0.717) is 12.2 Å². The highest BCUT2D eigenvalue weighted by Gasteiger charge is 2.32. The number of rotatable bonds is 1. The lowest BCUT2D eigenvalue weighted by atomic mass is 10.0. The van der Waals surface area contributed by atoms with Gasteiger partial charge in [-0.2, -0.15) is 0 Å². The van der Waals surface area contributed by atoms with Crippen molar-refractivity contribution in [2.75, 3.05) is 12.3 Å². The smallest absolute Gasteiger partial charge is 0.154 e. The van der Waals surface area contributed by atoms with Gasteiger partial charge >= 0.3 is 0 Å². The molecular formula is C12H17NO2S. The average molecular weight is 239 g/mol.